The van der Waals surface area contributed by atoms with Gasteiger partial charge in [0.25, 0.3) is 5.91 Å². The lowest BCUT2D eigenvalue weighted by atomic mass is 10.2. The molecule has 0 bridgehead atoms. The van der Waals surface area contributed by atoms with Crippen LogP contribution >= 0.6 is 15.9 Å². The Bertz CT molecular complexity index is 496. The maximum Gasteiger partial charge on any atom is 0.252 e. The number of nitrogens with zero attached hydrogens (tertiary/aromatic N) is 1. The van der Waals surface area contributed by atoms with Crippen molar-refractivity contribution < 1.29 is 19.4 Å². The Morgan fingerprint density at radius 1 is 1.43 bits per heavy atom. The lowest BCUT2D eigenvalue weighted by molar-refractivity contribution is -0.130. The van der Waals surface area contributed by atoms with Crippen molar-refractivity contribution in [2.24, 2.45) is 0 Å². The van der Waals surface area contributed by atoms with Crippen LogP contribution < -0.4 is 5.32 Å². The molecule has 0 aromatic heterocycles. The molecule has 0 aliphatic heterocycles. The number of rotatable bonds is 7. The second kappa shape index (κ2) is 8.76. The molecule has 0 aliphatic carbocycles. The zero-order valence-corrected chi connectivity index (χ0v) is 13.6. The number of benzene rings is 1. The number of carbonyl (C=O) groups excluding carboxylic acids is 2. The number of hydrogen-bond acceptors (Lipinski definition) is 4. The van der Waals surface area contributed by atoms with Crippen LogP contribution in [0.25, 0.3) is 0 Å². The van der Waals surface area contributed by atoms with Crippen molar-refractivity contribution >= 4 is 27.7 Å². The van der Waals surface area contributed by atoms with Crippen LogP contribution in [0.2, 0.25) is 0 Å². The molecule has 21 heavy (non-hydrogen) atoms. The molecule has 1 atom stereocenters. The number of carbonyl (C=O) groups is 2. The maximum atomic E-state index is 11.9. The number of aliphatic hydroxyl groups excluding tert-OH is 1. The van der Waals surface area contributed by atoms with Crippen LogP contribution in [0.15, 0.2) is 28.7 Å². The van der Waals surface area contributed by atoms with Crippen molar-refractivity contribution in [3.8, 4) is 0 Å². The van der Waals surface area contributed by atoms with E-state index in [1.807, 2.05) is 0 Å². The average molecular weight is 359 g/mol. The van der Waals surface area contributed by atoms with Crippen molar-refractivity contribution in [3.63, 3.8) is 0 Å². The van der Waals surface area contributed by atoms with E-state index in [0.717, 1.165) is 0 Å². The highest BCUT2D eigenvalue weighted by Gasteiger charge is 2.15. The molecule has 7 heteroatoms. The van der Waals surface area contributed by atoms with Crippen LogP contribution in [0.5, 0.6) is 0 Å². The summed E-state index contributed by atoms with van der Waals surface area (Å²) in [5.74, 6) is -0.618. The fourth-order valence-electron chi connectivity index (χ4n) is 1.69. The summed E-state index contributed by atoms with van der Waals surface area (Å²) in [6, 6.07) is 6.96. The van der Waals surface area contributed by atoms with Gasteiger partial charge in [0.05, 0.1) is 24.8 Å². The monoisotopic (exact) mass is 358 g/mol. The van der Waals surface area contributed by atoms with E-state index < -0.39 is 6.10 Å². The van der Waals surface area contributed by atoms with E-state index in [-0.39, 0.29) is 31.5 Å². The highest BCUT2D eigenvalue weighted by molar-refractivity contribution is 9.10. The summed E-state index contributed by atoms with van der Waals surface area (Å²) in [6.07, 6.45) is -0.747. The molecule has 0 saturated heterocycles. The van der Waals surface area contributed by atoms with Gasteiger partial charge in [-0.25, -0.2) is 0 Å². The lowest BCUT2D eigenvalue weighted by Crippen LogP contribution is -2.42. The molecule has 116 valence electrons. The molecule has 0 radical (unpaired) electrons. The molecule has 0 saturated carbocycles. The van der Waals surface area contributed by atoms with Gasteiger partial charge in [0.1, 0.15) is 0 Å². The number of aliphatic hydroxyl groups is 1. The Labute approximate surface area is 132 Å². The Hall–Kier alpha value is -1.44. The van der Waals surface area contributed by atoms with Gasteiger partial charge < -0.3 is 20.1 Å². The van der Waals surface area contributed by atoms with Crippen molar-refractivity contribution in [2.75, 3.05) is 33.9 Å². The molecular formula is C14H19BrN2O4. The fraction of sp³-hybridized carbons (Fsp3) is 0.429. The van der Waals surface area contributed by atoms with E-state index >= 15 is 0 Å². The van der Waals surface area contributed by atoms with Gasteiger partial charge in [-0.05, 0) is 28.1 Å². The topological polar surface area (TPSA) is 78.9 Å². The molecule has 1 rings (SSSR count). The summed E-state index contributed by atoms with van der Waals surface area (Å²) in [4.78, 5) is 25.1. The molecule has 0 spiro atoms. The molecular weight excluding hydrogens is 340 g/mol. The normalized spacial score (nSPS) is 11.8. The Kier molecular flexibility index (Phi) is 7.35. The molecule has 6 nitrogen and oxygen atoms in total. The van der Waals surface area contributed by atoms with Crippen molar-refractivity contribution in [2.45, 2.75) is 6.10 Å². The number of hydrogen-bond donors (Lipinski definition) is 2. The number of halogens is 1. The van der Waals surface area contributed by atoms with Crippen molar-refractivity contribution in [1.82, 2.24) is 10.2 Å². The first kappa shape index (κ1) is 17.6. The summed E-state index contributed by atoms with van der Waals surface area (Å²) in [5.41, 5.74) is 0.465. The van der Waals surface area contributed by atoms with Crippen LogP contribution in [0, 0.1) is 0 Å². The van der Waals surface area contributed by atoms with Crippen LogP contribution in [-0.2, 0) is 9.53 Å². The van der Waals surface area contributed by atoms with E-state index in [4.69, 9.17) is 4.74 Å². The van der Waals surface area contributed by atoms with Gasteiger partial charge in [0.2, 0.25) is 5.91 Å². The lowest BCUT2D eigenvalue weighted by Gasteiger charge is -2.20. The molecule has 1 aromatic rings. The van der Waals surface area contributed by atoms with Crippen molar-refractivity contribution in [3.05, 3.63) is 34.3 Å². The average Bonchev–Trinajstić information content (AvgIpc) is 2.45. The smallest absolute Gasteiger partial charge is 0.252 e. The van der Waals surface area contributed by atoms with Crippen LogP contribution in [0.1, 0.15) is 10.4 Å². The van der Waals surface area contributed by atoms with E-state index in [0.29, 0.717) is 10.0 Å². The minimum absolute atomic E-state index is 0.129. The van der Waals surface area contributed by atoms with E-state index in [2.05, 4.69) is 21.2 Å². The quantitative estimate of drug-likeness (QED) is 0.749. The second-order valence-electron chi connectivity index (χ2n) is 4.55. The van der Waals surface area contributed by atoms with Gasteiger partial charge >= 0.3 is 0 Å². The van der Waals surface area contributed by atoms with Gasteiger partial charge in [-0.1, -0.05) is 12.1 Å². The zero-order chi connectivity index (χ0) is 15.8. The SMILES string of the molecule is COCC(O)CN(C)C(=O)CNC(=O)c1ccccc1Br. The minimum atomic E-state index is -0.747. The summed E-state index contributed by atoms with van der Waals surface area (Å²) in [5, 5.41) is 12.1. The van der Waals surface area contributed by atoms with Gasteiger partial charge in [0.15, 0.2) is 0 Å². The Morgan fingerprint density at radius 2 is 2.10 bits per heavy atom. The van der Waals surface area contributed by atoms with Gasteiger partial charge in [0, 0.05) is 25.2 Å². The largest absolute Gasteiger partial charge is 0.389 e. The third-order valence-corrected chi connectivity index (χ3v) is 3.48. The molecule has 1 unspecified atom stereocenters. The standard InChI is InChI=1S/C14H19BrN2O4/c1-17(8-10(18)9-21-2)13(19)7-16-14(20)11-5-3-4-6-12(11)15/h3-6,10,18H,7-9H2,1-2H3,(H,16,20). The predicted molar refractivity (Wildman–Crippen MR) is 82.0 cm³/mol. The molecule has 2 N–H and O–H groups in total. The summed E-state index contributed by atoms with van der Waals surface area (Å²) >= 11 is 3.28. The third kappa shape index (κ3) is 5.82. The zero-order valence-electron chi connectivity index (χ0n) is 12.0. The second-order valence-corrected chi connectivity index (χ2v) is 5.40. The highest BCUT2D eigenvalue weighted by atomic mass is 79.9. The number of methoxy groups -OCH3 is 1. The first-order valence-electron chi connectivity index (χ1n) is 6.39. The summed E-state index contributed by atoms with van der Waals surface area (Å²) < 4.78 is 5.46. The molecule has 1 aromatic carbocycles. The molecule has 0 fully saturated rings. The first-order valence-corrected chi connectivity index (χ1v) is 7.18. The molecule has 0 heterocycles. The number of nitrogens with one attached hydrogen (secondary N) is 1. The number of amides is 2. The third-order valence-electron chi connectivity index (χ3n) is 2.79. The number of likely N-dealkylation sites (N-methyl/N-ethyl adjacent to an activating group) is 1. The van der Waals surface area contributed by atoms with Gasteiger partial charge in [-0.15, -0.1) is 0 Å². The van der Waals surface area contributed by atoms with E-state index in [1.165, 1.54) is 12.0 Å². The fourth-order valence-corrected chi connectivity index (χ4v) is 2.16. The number of ether oxygens (including phenoxy) is 1. The van der Waals surface area contributed by atoms with Crippen molar-refractivity contribution in [1.29, 1.82) is 0 Å². The van der Waals surface area contributed by atoms with Crippen LogP contribution in [0.3, 0.4) is 0 Å². The first-order chi connectivity index (χ1) is 9.95. The van der Waals surface area contributed by atoms with E-state index in [1.54, 1.807) is 31.3 Å². The van der Waals surface area contributed by atoms with Gasteiger partial charge in [-0.2, -0.15) is 0 Å². The van der Waals surface area contributed by atoms with E-state index in [9.17, 15) is 14.7 Å². The Balaban J connectivity index is 2.46. The molecule has 2 amide bonds. The van der Waals surface area contributed by atoms with Crippen LogP contribution in [0.4, 0.5) is 0 Å². The maximum absolute atomic E-state index is 11.9. The van der Waals surface area contributed by atoms with Crippen LogP contribution in [-0.4, -0.2) is 61.8 Å². The summed E-state index contributed by atoms with van der Waals surface area (Å²) in [7, 11) is 3.04. The molecule has 0 aliphatic rings. The Morgan fingerprint density at radius 3 is 2.71 bits per heavy atom. The van der Waals surface area contributed by atoms with Gasteiger partial charge in [-0.3, -0.25) is 9.59 Å². The minimum Gasteiger partial charge on any atom is -0.389 e. The highest BCUT2D eigenvalue weighted by Crippen LogP contribution is 2.15. The predicted octanol–water partition coefficient (Wildman–Crippen LogP) is 0.645. The summed E-state index contributed by atoms with van der Waals surface area (Å²) in [6.45, 7) is 0.175.